The zero-order chi connectivity index (χ0) is 8.43. The highest BCUT2D eigenvalue weighted by molar-refractivity contribution is 5.27. The van der Waals surface area contributed by atoms with Crippen LogP contribution in [0, 0.1) is 18.6 Å². The molecule has 0 saturated carbocycles. The van der Waals surface area contributed by atoms with Crippen molar-refractivity contribution in [2.75, 3.05) is 0 Å². The Morgan fingerprint density at radius 3 is 2.55 bits per heavy atom. The predicted molar refractivity (Wildman–Crippen MR) is 39.0 cm³/mol. The van der Waals surface area contributed by atoms with Gasteiger partial charge in [0.15, 0.2) is 0 Å². The molecule has 60 valence electrons. The van der Waals surface area contributed by atoms with Gasteiger partial charge in [0.05, 0.1) is 0 Å². The summed E-state index contributed by atoms with van der Waals surface area (Å²) in [6, 6.07) is 2.10. The summed E-state index contributed by atoms with van der Waals surface area (Å²) < 4.78 is 25.2. The molecule has 1 aromatic carbocycles. The van der Waals surface area contributed by atoms with Crippen molar-refractivity contribution in [3.8, 4) is 0 Å². The van der Waals surface area contributed by atoms with Gasteiger partial charge >= 0.3 is 0 Å². The summed E-state index contributed by atoms with van der Waals surface area (Å²) in [4.78, 5) is 0. The minimum absolute atomic E-state index is 0.167. The third-order valence-electron chi connectivity index (χ3n) is 1.64. The maximum Gasteiger partial charge on any atom is 0.129 e. The molecule has 0 heterocycles. The fourth-order valence-electron chi connectivity index (χ4n) is 0.911. The lowest BCUT2D eigenvalue weighted by Crippen LogP contribution is -2.01. The maximum atomic E-state index is 12.7. The summed E-state index contributed by atoms with van der Waals surface area (Å²) in [6.07, 6.45) is 0. The number of nitrogens with two attached hydrogens (primary N) is 1. The molecule has 0 aliphatic heterocycles. The van der Waals surface area contributed by atoms with Crippen molar-refractivity contribution in [1.29, 1.82) is 0 Å². The molecule has 2 N–H and O–H groups in total. The molecular formula is C8H9F2N. The molecule has 0 spiro atoms. The van der Waals surface area contributed by atoms with E-state index in [0.717, 1.165) is 6.07 Å². The van der Waals surface area contributed by atoms with Crippen molar-refractivity contribution in [2.45, 2.75) is 13.5 Å². The first-order chi connectivity index (χ1) is 5.15. The highest BCUT2D eigenvalue weighted by atomic mass is 19.1. The highest BCUT2D eigenvalue weighted by Crippen LogP contribution is 2.13. The Kier molecular flexibility index (Phi) is 2.19. The summed E-state index contributed by atoms with van der Waals surface area (Å²) in [6.45, 7) is 1.75. The Labute approximate surface area is 63.8 Å². The van der Waals surface area contributed by atoms with Crippen molar-refractivity contribution in [2.24, 2.45) is 5.73 Å². The summed E-state index contributed by atoms with van der Waals surface area (Å²) in [5.41, 5.74) is 6.20. The van der Waals surface area contributed by atoms with Crippen molar-refractivity contribution < 1.29 is 8.78 Å². The van der Waals surface area contributed by atoms with Gasteiger partial charge in [0.1, 0.15) is 11.6 Å². The summed E-state index contributed by atoms with van der Waals surface area (Å²) in [5.74, 6) is -1.11. The van der Waals surface area contributed by atoms with Crippen LogP contribution in [-0.2, 0) is 6.54 Å². The van der Waals surface area contributed by atoms with E-state index >= 15 is 0 Å². The van der Waals surface area contributed by atoms with Gasteiger partial charge in [-0.2, -0.15) is 0 Å². The maximum absolute atomic E-state index is 12.7. The summed E-state index contributed by atoms with van der Waals surface area (Å²) >= 11 is 0. The summed E-state index contributed by atoms with van der Waals surface area (Å²) in [7, 11) is 0. The van der Waals surface area contributed by atoms with E-state index in [4.69, 9.17) is 5.73 Å². The fraction of sp³-hybridized carbons (Fsp3) is 0.250. The van der Waals surface area contributed by atoms with E-state index in [1.807, 2.05) is 0 Å². The van der Waals surface area contributed by atoms with Gasteiger partial charge in [-0.1, -0.05) is 0 Å². The predicted octanol–water partition coefficient (Wildman–Crippen LogP) is 1.73. The van der Waals surface area contributed by atoms with Gasteiger partial charge in [-0.15, -0.1) is 0 Å². The van der Waals surface area contributed by atoms with Gasteiger partial charge in [0.2, 0.25) is 0 Å². The lowest BCUT2D eigenvalue weighted by Gasteiger charge is -2.03. The van der Waals surface area contributed by atoms with Gasteiger partial charge < -0.3 is 5.73 Å². The van der Waals surface area contributed by atoms with Gasteiger partial charge in [0, 0.05) is 12.6 Å². The van der Waals surface area contributed by atoms with Crippen LogP contribution in [0.1, 0.15) is 11.1 Å². The van der Waals surface area contributed by atoms with Crippen LogP contribution in [0.3, 0.4) is 0 Å². The quantitative estimate of drug-likeness (QED) is 0.660. The molecular weight excluding hydrogens is 148 g/mol. The van der Waals surface area contributed by atoms with Crippen LogP contribution in [0.2, 0.25) is 0 Å². The molecule has 0 amide bonds. The van der Waals surface area contributed by atoms with E-state index < -0.39 is 11.6 Å². The normalized spacial score (nSPS) is 10.2. The summed E-state index contributed by atoms with van der Waals surface area (Å²) in [5, 5.41) is 0. The molecule has 3 heteroatoms. The number of rotatable bonds is 1. The monoisotopic (exact) mass is 157 g/mol. The molecule has 0 aromatic heterocycles. The molecule has 1 rings (SSSR count). The van der Waals surface area contributed by atoms with Crippen LogP contribution in [-0.4, -0.2) is 0 Å². The van der Waals surface area contributed by atoms with Gasteiger partial charge in [0.25, 0.3) is 0 Å². The van der Waals surface area contributed by atoms with E-state index in [-0.39, 0.29) is 6.54 Å². The van der Waals surface area contributed by atoms with Crippen LogP contribution in [0.25, 0.3) is 0 Å². The lowest BCUT2D eigenvalue weighted by atomic mass is 10.1. The second-order valence-electron chi connectivity index (χ2n) is 2.38. The minimum atomic E-state index is -0.575. The lowest BCUT2D eigenvalue weighted by molar-refractivity contribution is 0.573. The van der Waals surface area contributed by atoms with E-state index in [1.165, 1.54) is 6.07 Å². The Morgan fingerprint density at radius 2 is 2.00 bits per heavy atom. The molecule has 1 nitrogen and oxygen atoms in total. The topological polar surface area (TPSA) is 26.0 Å². The van der Waals surface area contributed by atoms with E-state index in [0.29, 0.717) is 11.1 Å². The molecule has 0 saturated heterocycles. The molecule has 0 aliphatic carbocycles. The Hall–Kier alpha value is -0.960. The van der Waals surface area contributed by atoms with Crippen molar-refractivity contribution >= 4 is 0 Å². The van der Waals surface area contributed by atoms with Crippen LogP contribution >= 0.6 is 0 Å². The standard InChI is InChI=1S/C8H9F2N/c1-5-6(4-11)2-7(9)3-8(5)10/h2-3H,4,11H2,1H3. The van der Waals surface area contributed by atoms with Gasteiger partial charge in [-0.05, 0) is 24.1 Å². The molecule has 0 bridgehead atoms. The van der Waals surface area contributed by atoms with Crippen molar-refractivity contribution in [3.63, 3.8) is 0 Å². The second-order valence-corrected chi connectivity index (χ2v) is 2.38. The largest absolute Gasteiger partial charge is 0.326 e. The van der Waals surface area contributed by atoms with Crippen molar-refractivity contribution in [1.82, 2.24) is 0 Å². The zero-order valence-corrected chi connectivity index (χ0v) is 6.20. The molecule has 0 aliphatic rings. The average molecular weight is 157 g/mol. The second kappa shape index (κ2) is 2.96. The van der Waals surface area contributed by atoms with Crippen LogP contribution in [0.5, 0.6) is 0 Å². The van der Waals surface area contributed by atoms with Crippen LogP contribution < -0.4 is 5.73 Å². The zero-order valence-electron chi connectivity index (χ0n) is 6.20. The highest BCUT2D eigenvalue weighted by Gasteiger charge is 2.04. The van der Waals surface area contributed by atoms with E-state index in [2.05, 4.69) is 0 Å². The minimum Gasteiger partial charge on any atom is -0.326 e. The first-order valence-electron chi connectivity index (χ1n) is 3.29. The first-order valence-corrected chi connectivity index (χ1v) is 3.29. The SMILES string of the molecule is Cc1c(F)cc(F)cc1CN. The van der Waals surface area contributed by atoms with Crippen molar-refractivity contribution in [3.05, 3.63) is 34.9 Å². The molecule has 0 radical (unpaired) electrons. The van der Waals surface area contributed by atoms with Crippen LogP contribution in [0.4, 0.5) is 8.78 Å². The third kappa shape index (κ3) is 1.54. The fourth-order valence-corrected chi connectivity index (χ4v) is 0.911. The molecule has 11 heavy (non-hydrogen) atoms. The Balaban J connectivity index is 3.24. The molecule has 0 atom stereocenters. The molecule has 0 fully saturated rings. The number of hydrogen-bond donors (Lipinski definition) is 1. The molecule has 0 unspecified atom stereocenters. The Morgan fingerprint density at radius 1 is 1.36 bits per heavy atom. The van der Waals surface area contributed by atoms with E-state index in [1.54, 1.807) is 6.92 Å². The smallest absolute Gasteiger partial charge is 0.129 e. The van der Waals surface area contributed by atoms with Gasteiger partial charge in [-0.25, -0.2) is 8.78 Å². The third-order valence-corrected chi connectivity index (χ3v) is 1.64. The average Bonchev–Trinajstić information content (AvgIpc) is 1.96. The number of halogens is 2. The Bertz CT molecular complexity index is 271. The van der Waals surface area contributed by atoms with Gasteiger partial charge in [-0.3, -0.25) is 0 Å². The number of benzene rings is 1. The molecule has 1 aromatic rings. The first kappa shape index (κ1) is 8.14. The van der Waals surface area contributed by atoms with E-state index in [9.17, 15) is 8.78 Å². The number of hydrogen-bond acceptors (Lipinski definition) is 1. The van der Waals surface area contributed by atoms with Crippen LogP contribution in [0.15, 0.2) is 12.1 Å².